The van der Waals surface area contributed by atoms with E-state index in [-0.39, 0.29) is 42.1 Å². The molecule has 0 spiro atoms. The maximum Gasteiger partial charge on any atom is 0.258 e. The number of phenols is 1. The molecule has 0 radical (unpaired) electrons. The van der Waals surface area contributed by atoms with Crippen LogP contribution in [0.2, 0.25) is 0 Å². The lowest BCUT2D eigenvalue weighted by molar-refractivity contribution is -0.143. The predicted molar refractivity (Wildman–Crippen MR) is 153 cm³/mol. The minimum Gasteiger partial charge on any atom is -0.508 e. The highest BCUT2D eigenvalue weighted by Gasteiger charge is 2.77. The van der Waals surface area contributed by atoms with E-state index in [0.29, 0.717) is 11.1 Å². The van der Waals surface area contributed by atoms with Gasteiger partial charge in [-0.2, -0.15) is 0 Å². The molecule has 6 atom stereocenters. The van der Waals surface area contributed by atoms with E-state index in [2.05, 4.69) is 0 Å². The minimum atomic E-state index is -2.07. The molecule has 2 aliphatic heterocycles. The molecule has 0 aromatic heterocycles. The third-order valence-corrected chi connectivity index (χ3v) is 11.5. The van der Waals surface area contributed by atoms with Crippen LogP contribution in [-0.4, -0.2) is 49.4 Å². The number of halogens is 3. The van der Waals surface area contributed by atoms with E-state index < -0.39 is 51.1 Å². The number of allylic oxidation sites excluding steroid dienone is 2. The molecule has 7 nitrogen and oxygen atoms in total. The number of hydrogen-bond donors (Lipinski definition) is 1. The van der Waals surface area contributed by atoms with Crippen LogP contribution in [0.15, 0.2) is 60.2 Å². The highest BCUT2D eigenvalue weighted by atomic mass is 35.5. The lowest BCUT2D eigenvalue weighted by Crippen LogP contribution is -2.60. The average Bonchev–Trinajstić information content (AvgIpc) is 3.32. The number of benzene rings is 2. The fraction of sp³-hybridized carbons (Fsp3) is 0.438. The number of likely N-dealkylation sites (tertiary alicyclic amines) is 1. The van der Waals surface area contributed by atoms with Gasteiger partial charge in [0, 0.05) is 17.5 Å². The second-order valence-corrected chi connectivity index (χ2v) is 13.4. The zero-order valence-corrected chi connectivity index (χ0v) is 24.2. The number of carbonyl (C=O) groups excluding carboxylic acids is 4. The Morgan fingerprint density at radius 3 is 2.24 bits per heavy atom. The Balaban J connectivity index is 1.38. The maximum atomic E-state index is 14.3. The van der Waals surface area contributed by atoms with Crippen LogP contribution in [0.1, 0.15) is 56.4 Å². The van der Waals surface area contributed by atoms with E-state index in [9.17, 15) is 28.7 Å². The summed E-state index contributed by atoms with van der Waals surface area (Å²) in [4.78, 5) is 54.6. The van der Waals surface area contributed by atoms with Crippen molar-refractivity contribution in [1.82, 2.24) is 4.90 Å². The Bertz CT molecular complexity index is 1560. The molecule has 7 rings (SSSR count). The average molecular weight is 611 g/mol. The summed E-state index contributed by atoms with van der Waals surface area (Å²) in [6, 6.07) is 11.2. The number of hydrogen-bond acceptors (Lipinski definition) is 5. The van der Waals surface area contributed by atoms with Gasteiger partial charge in [0.2, 0.25) is 11.8 Å². The minimum absolute atomic E-state index is 0.113. The van der Waals surface area contributed by atoms with Crippen LogP contribution in [0.4, 0.5) is 10.1 Å². The molecule has 1 N–H and O–H groups in total. The molecule has 2 aromatic carbocycles. The zero-order valence-electron chi connectivity index (χ0n) is 22.6. The summed E-state index contributed by atoms with van der Waals surface area (Å²) in [5.41, 5.74) is 1.04. The fourth-order valence-electron chi connectivity index (χ4n) is 8.20. The summed E-state index contributed by atoms with van der Waals surface area (Å²) >= 11 is 14.6. The molecule has 2 saturated carbocycles. The van der Waals surface area contributed by atoms with Gasteiger partial charge in [-0.15, -0.1) is 23.2 Å². The van der Waals surface area contributed by atoms with E-state index in [4.69, 9.17) is 23.2 Å². The number of anilines is 1. The van der Waals surface area contributed by atoms with Crippen molar-refractivity contribution in [3.05, 3.63) is 71.6 Å². The predicted octanol–water partition coefficient (Wildman–Crippen LogP) is 5.43. The van der Waals surface area contributed by atoms with E-state index in [1.54, 1.807) is 18.2 Å². The first-order valence-corrected chi connectivity index (χ1v) is 15.2. The van der Waals surface area contributed by atoms with Crippen LogP contribution >= 0.6 is 23.2 Å². The number of carbonyl (C=O) groups is 4. The summed E-state index contributed by atoms with van der Waals surface area (Å²) < 4.78 is 13.8. The molecule has 2 saturated heterocycles. The molecule has 42 heavy (non-hydrogen) atoms. The number of imide groups is 2. The van der Waals surface area contributed by atoms with Gasteiger partial charge >= 0.3 is 0 Å². The Hall–Kier alpha value is -3.23. The first-order valence-electron chi connectivity index (χ1n) is 14.5. The molecule has 2 aromatic rings. The van der Waals surface area contributed by atoms with E-state index >= 15 is 0 Å². The SMILES string of the molecule is O=C1C2CC=C3C(CC4(Cl)C(=O)N(c5ccc(F)cc5)C(=O)C4(Cl)C3c3ccccc3O)C2C(=O)N1C1CCCCC1. The van der Waals surface area contributed by atoms with Gasteiger partial charge in [0.05, 0.1) is 17.5 Å². The highest BCUT2D eigenvalue weighted by molar-refractivity contribution is 6.58. The van der Waals surface area contributed by atoms with Gasteiger partial charge in [0.15, 0.2) is 9.75 Å². The quantitative estimate of drug-likeness (QED) is 0.284. The molecule has 4 amide bonds. The van der Waals surface area contributed by atoms with Crippen molar-refractivity contribution in [1.29, 1.82) is 0 Å². The molecule has 10 heteroatoms. The summed E-state index contributed by atoms with van der Waals surface area (Å²) in [7, 11) is 0. The number of nitrogens with zero attached hydrogens (tertiary/aromatic N) is 2. The van der Waals surface area contributed by atoms with E-state index in [1.807, 2.05) is 6.08 Å². The Kier molecular flexibility index (Phi) is 6.34. The normalized spacial score (nSPS) is 34.8. The number of phenolic OH excluding ortho intramolecular Hbond substituents is 1. The molecule has 0 bridgehead atoms. The van der Waals surface area contributed by atoms with Crippen LogP contribution < -0.4 is 4.90 Å². The van der Waals surface area contributed by atoms with Crippen molar-refractivity contribution in [2.45, 2.75) is 66.7 Å². The number of para-hydroxylation sites is 1. The number of amides is 4. The number of alkyl halides is 2. The van der Waals surface area contributed by atoms with E-state index in [0.717, 1.165) is 49.1 Å². The van der Waals surface area contributed by atoms with Gasteiger partial charge < -0.3 is 5.11 Å². The van der Waals surface area contributed by atoms with Crippen molar-refractivity contribution >= 4 is 52.5 Å². The fourth-order valence-corrected chi connectivity index (χ4v) is 9.13. The van der Waals surface area contributed by atoms with Crippen molar-refractivity contribution in [2.24, 2.45) is 17.8 Å². The number of fused-ring (bicyclic) bond motifs is 4. The first kappa shape index (κ1) is 27.6. The van der Waals surface area contributed by atoms with E-state index in [1.165, 1.54) is 23.1 Å². The summed E-state index contributed by atoms with van der Waals surface area (Å²) in [5.74, 6) is -5.78. The number of rotatable bonds is 3. The molecule has 2 heterocycles. The number of aromatic hydroxyl groups is 1. The van der Waals surface area contributed by atoms with Gasteiger partial charge in [0.1, 0.15) is 11.6 Å². The van der Waals surface area contributed by atoms with Crippen molar-refractivity contribution in [3.63, 3.8) is 0 Å². The van der Waals surface area contributed by atoms with Gasteiger partial charge in [-0.25, -0.2) is 9.29 Å². The molecule has 218 valence electrons. The van der Waals surface area contributed by atoms with Crippen LogP contribution in [0.3, 0.4) is 0 Å². The van der Waals surface area contributed by atoms with Gasteiger partial charge in [-0.1, -0.05) is 49.1 Å². The second kappa shape index (κ2) is 9.64. The molecule has 5 aliphatic rings. The monoisotopic (exact) mass is 610 g/mol. The van der Waals surface area contributed by atoms with Crippen molar-refractivity contribution < 1.29 is 28.7 Å². The third-order valence-electron chi connectivity index (χ3n) is 10.1. The van der Waals surface area contributed by atoms with Crippen LogP contribution in [0, 0.1) is 23.6 Å². The lowest BCUT2D eigenvalue weighted by atomic mass is 9.56. The molecular weight excluding hydrogens is 582 g/mol. The van der Waals surface area contributed by atoms with Crippen LogP contribution in [0.25, 0.3) is 0 Å². The van der Waals surface area contributed by atoms with Crippen LogP contribution in [-0.2, 0) is 19.2 Å². The third kappa shape index (κ3) is 3.57. The molecule has 6 unspecified atom stereocenters. The molecular formula is C32H29Cl2FN2O5. The maximum absolute atomic E-state index is 14.3. The summed E-state index contributed by atoms with van der Waals surface area (Å²) in [6.07, 6.45) is 6.51. The summed E-state index contributed by atoms with van der Waals surface area (Å²) in [6.45, 7) is 0. The van der Waals surface area contributed by atoms with Gasteiger partial charge in [-0.3, -0.25) is 24.1 Å². The summed E-state index contributed by atoms with van der Waals surface area (Å²) in [5, 5.41) is 11.0. The largest absolute Gasteiger partial charge is 0.508 e. The van der Waals surface area contributed by atoms with Gasteiger partial charge in [0.25, 0.3) is 11.8 Å². The molecule has 4 fully saturated rings. The lowest BCUT2D eigenvalue weighted by Gasteiger charge is -2.50. The Morgan fingerprint density at radius 2 is 1.55 bits per heavy atom. The Labute approximate surface area is 252 Å². The smallest absolute Gasteiger partial charge is 0.258 e. The standard InChI is InChI=1S/C32H29Cl2FN2O5/c33-31-16-23-20(14-15-22-25(23)28(40)36(27(22)39)18-6-2-1-3-7-18)26(21-8-4-5-9-24(21)38)32(31,34)30(42)37(29(31)41)19-12-10-17(35)11-13-19/h4-5,8-14,18,22-23,25-26,38H,1-3,6-7,15-16H2. The Morgan fingerprint density at radius 1 is 0.857 bits per heavy atom. The zero-order chi connectivity index (χ0) is 29.6. The topological polar surface area (TPSA) is 95.0 Å². The molecule has 3 aliphatic carbocycles. The van der Waals surface area contributed by atoms with Crippen molar-refractivity contribution in [3.8, 4) is 5.75 Å². The van der Waals surface area contributed by atoms with Crippen molar-refractivity contribution in [2.75, 3.05) is 4.90 Å². The second-order valence-electron chi connectivity index (χ2n) is 12.1. The van der Waals surface area contributed by atoms with Crippen LogP contribution in [0.5, 0.6) is 5.75 Å². The van der Waals surface area contributed by atoms with Gasteiger partial charge in [-0.05, 0) is 61.9 Å². The highest BCUT2D eigenvalue weighted by Crippen LogP contribution is 2.66. The first-order chi connectivity index (χ1) is 20.1.